The first-order chi connectivity index (χ1) is 8.69. The first-order valence-electron chi connectivity index (χ1n) is 6.57. The number of hydrogen-bond acceptors (Lipinski definition) is 4. The number of β-amino-alcohol motifs (C(OH)–C–C–N with tert-alkyl or cyclic N) is 1. The molecule has 1 heterocycles. The zero-order chi connectivity index (χ0) is 14.6. The number of aliphatic hydroxyl groups is 1. The summed E-state index contributed by atoms with van der Waals surface area (Å²) in [5.41, 5.74) is -0.575. The van der Waals surface area contributed by atoms with Crippen LogP contribution in [0.25, 0.3) is 0 Å². The monoisotopic (exact) mass is 273 g/mol. The highest BCUT2D eigenvalue weighted by molar-refractivity contribution is 5.68. The van der Waals surface area contributed by atoms with E-state index in [1.165, 1.54) is 4.90 Å². The molecule has 0 spiro atoms. The molecule has 2 unspecified atom stereocenters. The number of amides is 1. The molecule has 110 valence electrons. The van der Waals surface area contributed by atoms with Gasteiger partial charge in [0.15, 0.2) is 0 Å². The Balaban J connectivity index is 2.60. The van der Waals surface area contributed by atoms with Crippen molar-refractivity contribution >= 4 is 12.1 Å². The zero-order valence-corrected chi connectivity index (χ0v) is 11.8. The van der Waals surface area contributed by atoms with E-state index < -0.39 is 23.8 Å². The number of ether oxygens (including phenoxy) is 1. The fourth-order valence-corrected chi connectivity index (χ4v) is 2.16. The Kier molecular flexibility index (Phi) is 5.17. The minimum absolute atomic E-state index is 0.0661. The number of aliphatic carboxylic acids is 1. The molecule has 6 heteroatoms. The van der Waals surface area contributed by atoms with Gasteiger partial charge in [0.05, 0.1) is 19.1 Å². The molecule has 1 amide bonds. The third-order valence-corrected chi connectivity index (χ3v) is 3.04. The average Bonchev–Trinajstić information content (AvgIpc) is 2.38. The SMILES string of the molecule is CC(C)(C)OC(=O)N1CCCC(CC(=O)O)C(O)C1. The second-order valence-corrected chi connectivity index (χ2v) is 5.99. The van der Waals surface area contributed by atoms with Crippen molar-refractivity contribution in [2.45, 2.75) is 51.7 Å². The Hall–Kier alpha value is -1.30. The van der Waals surface area contributed by atoms with Crippen molar-refractivity contribution in [2.75, 3.05) is 13.1 Å². The highest BCUT2D eigenvalue weighted by Gasteiger charge is 2.31. The van der Waals surface area contributed by atoms with E-state index in [9.17, 15) is 14.7 Å². The van der Waals surface area contributed by atoms with Gasteiger partial charge in [-0.1, -0.05) is 0 Å². The van der Waals surface area contributed by atoms with E-state index in [1.54, 1.807) is 20.8 Å². The molecule has 1 rings (SSSR count). The topological polar surface area (TPSA) is 87.1 Å². The van der Waals surface area contributed by atoms with Crippen molar-refractivity contribution in [3.05, 3.63) is 0 Å². The molecular weight excluding hydrogens is 250 g/mol. The van der Waals surface area contributed by atoms with E-state index in [1.807, 2.05) is 0 Å². The highest BCUT2D eigenvalue weighted by Crippen LogP contribution is 2.22. The van der Waals surface area contributed by atoms with Crippen molar-refractivity contribution < 1.29 is 24.5 Å². The van der Waals surface area contributed by atoms with E-state index in [-0.39, 0.29) is 18.9 Å². The molecule has 1 saturated heterocycles. The number of carboxylic acids is 1. The Bertz CT molecular complexity index is 336. The Morgan fingerprint density at radius 2 is 2.00 bits per heavy atom. The van der Waals surface area contributed by atoms with Gasteiger partial charge in [-0.05, 0) is 39.5 Å². The number of carbonyl (C=O) groups is 2. The molecule has 0 saturated carbocycles. The molecule has 0 aromatic heterocycles. The van der Waals surface area contributed by atoms with Gasteiger partial charge in [0, 0.05) is 6.54 Å². The summed E-state index contributed by atoms with van der Waals surface area (Å²) >= 11 is 0. The predicted molar refractivity (Wildman–Crippen MR) is 68.8 cm³/mol. The third kappa shape index (κ3) is 5.46. The summed E-state index contributed by atoms with van der Waals surface area (Å²) < 4.78 is 5.26. The summed E-state index contributed by atoms with van der Waals surface area (Å²) in [7, 11) is 0. The Morgan fingerprint density at radius 3 is 2.53 bits per heavy atom. The molecule has 1 fully saturated rings. The van der Waals surface area contributed by atoms with Gasteiger partial charge in [-0.15, -0.1) is 0 Å². The zero-order valence-electron chi connectivity index (χ0n) is 11.8. The number of likely N-dealkylation sites (tertiary alicyclic amines) is 1. The van der Waals surface area contributed by atoms with Crippen LogP contribution in [0.3, 0.4) is 0 Å². The number of aliphatic hydroxyl groups excluding tert-OH is 1. The molecule has 0 aromatic rings. The van der Waals surface area contributed by atoms with Crippen LogP contribution in [0, 0.1) is 5.92 Å². The van der Waals surface area contributed by atoms with Gasteiger partial charge >= 0.3 is 12.1 Å². The van der Waals surface area contributed by atoms with E-state index in [0.29, 0.717) is 19.4 Å². The van der Waals surface area contributed by atoms with E-state index in [2.05, 4.69) is 0 Å². The molecule has 19 heavy (non-hydrogen) atoms. The molecule has 1 aliphatic heterocycles. The standard InChI is InChI=1S/C13H23NO5/c1-13(2,3)19-12(18)14-6-4-5-9(7-11(16)17)10(15)8-14/h9-10,15H,4-8H2,1-3H3,(H,16,17). The lowest BCUT2D eigenvalue weighted by Gasteiger charge is -2.28. The fraction of sp³-hybridized carbons (Fsp3) is 0.846. The largest absolute Gasteiger partial charge is 0.481 e. The molecule has 2 atom stereocenters. The third-order valence-electron chi connectivity index (χ3n) is 3.04. The molecule has 0 radical (unpaired) electrons. The molecule has 0 aliphatic carbocycles. The fourth-order valence-electron chi connectivity index (χ4n) is 2.16. The maximum absolute atomic E-state index is 11.9. The van der Waals surface area contributed by atoms with Crippen LogP contribution in [0.5, 0.6) is 0 Å². The summed E-state index contributed by atoms with van der Waals surface area (Å²) in [6.07, 6.45) is -0.0571. The van der Waals surface area contributed by atoms with E-state index in [4.69, 9.17) is 9.84 Å². The Labute approximate surface area is 113 Å². The summed E-state index contributed by atoms with van der Waals surface area (Å²) in [4.78, 5) is 24.1. The summed E-state index contributed by atoms with van der Waals surface area (Å²) in [5, 5.41) is 18.8. The van der Waals surface area contributed by atoms with Gasteiger partial charge in [0.2, 0.25) is 0 Å². The lowest BCUT2D eigenvalue weighted by molar-refractivity contribution is -0.139. The number of rotatable bonds is 2. The van der Waals surface area contributed by atoms with Crippen LogP contribution < -0.4 is 0 Å². The maximum atomic E-state index is 11.9. The van der Waals surface area contributed by atoms with Crippen molar-refractivity contribution in [3.63, 3.8) is 0 Å². The van der Waals surface area contributed by atoms with Gasteiger partial charge in [-0.2, -0.15) is 0 Å². The van der Waals surface area contributed by atoms with Crippen LogP contribution in [0.15, 0.2) is 0 Å². The van der Waals surface area contributed by atoms with Crippen LogP contribution in [-0.4, -0.2) is 52.0 Å². The van der Waals surface area contributed by atoms with Gasteiger partial charge in [-0.3, -0.25) is 4.79 Å². The molecule has 6 nitrogen and oxygen atoms in total. The quantitative estimate of drug-likeness (QED) is 0.795. The van der Waals surface area contributed by atoms with E-state index in [0.717, 1.165) is 0 Å². The normalized spacial score (nSPS) is 24.7. The minimum atomic E-state index is -0.922. The lowest BCUT2D eigenvalue weighted by Crippen LogP contribution is -2.41. The van der Waals surface area contributed by atoms with Crippen molar-refractivity contribution in [3.8, 4) is 0 Å². The van der Waals surface area contributed by atoms with Crippen LogP contribution in [0.2, 0.25) is 0 Å². The molecular formula is C13H23NO5. The van der Waals surface area contributed by atoms with Gasteiger partial charge in [0.25, 0.3) is 0 Å². The molecule has 1 aliphatic rings. The van der Waals surface area contributed by atoms with Crippen LogP contribution in [-0.2, 0) is 9.53 Å². The first-order valence-corrected chi connectivity index (χ1v) is 6.57. The number of nitrogens with zero attached hydrogens (tertiary/aromatic N) is 1. The predicted octanol–water partition coefficient (Wildman–Crippen LogP) is 1.47. The summed E-state index contributed by atoms with van der Waals surface area (Å²) in [6.45, 7) is 5.97. The van der Waals surface area contributed by atoms with Crippen molar-refractivity contribution in [1.29, 1.82) is 0 Å². The maximum Gasteiger partial charge on any atom is 0.410 e. The summed E-state index contributed by atoms with van der Waals surface area (Å²) in [6, 6.07) is 0. The van der Waals surface area contributed by atoms with Crippen molar-refractivity contribution in [1.82, 2.24) is 4.90 Å². The number of hydrogen-bond donors (Lipinski definition) is 2. The minimum Gasteiger partial charge on any atom is -0.481 e. The summed E-state index contributed by atoms with van der Waals surface area (Å²) in [5.74, 6) is -1.22. The molecule has 2 N–H and O–H groups in total. The smallest absolute Gasteiger partial charge is 0.410 e. The number of carbonyl (C=O) groups excluding carboxylic acids is 1. The van der Waals surface area contributed by atoms with Crippen molar-refractivity contribution in [2.24, 2.45) is 5.92 Å². The number of carboxylic acid groups (broad SMARTS) is 1. The Morgan fingerprint density at radius 1 is 1.37 bits per heavy atom. The second kappa shape index (κ2) is 6.23. The average molecular weight is 273 g/mol. The highest BCUT2D eigenvalue weighted by atomic mass is 16.6. The van der Waals surface area contributed by atoms with Gasteiger partial charge in [-0.25, -0.2) is 4.79 Å². The van der Waals surface area contributed by atoms with Crippen LogP contribution in [0.1, 0.15) is 40.0 Å². The lowest BCUT2D eigenvalue weighted by atomic mass is 9.94. The molecule has 0 bridgehead atoms. The van der Waals surface area contributed by atoms with Crippen LogP contribution in [0.4, 0.5) is 4.79 Å². The first kappa shape index (κ1) is 15.8. The van der Waals surface area contributed by atoms with Crippen LogP contribution >= 0.6 is 0 Å². The molecule has 0 aromatic carbocycles. The van der Waals surface area contributed by atoms with E-state index >= 15 is 0 Å². The second-order valence-electron chi connectivity index (χ2n) is 5.99. The van der Waals surface area contributed by atoms with Gasteiger partial charge in [0.1, 0.15) is 5.60 Å². The van der Waals surface area contributed by atoms with Gasteiger partial charge < -0.3 is 19.8 Å².